The van der Waals surface area contributed by atoms with Crippen LogP contribution in [-0.2, 0) is 15.1 Å². The average Bonchev–Trinajstić information content (AvgIpc) is 2.98. The van der Waals surface area contributed by atoms with Crippen LogP contribution in [-0.4, -0.2) is 23.6 Å². The van der Waals surface area contributed by atoms with Crippen molar-refractivity contribution in [2.45, 2.75) is 44.2 Å². The molecule has 1 saturated heterocycles. The van der Waals surface area contributed by atoms with E-state index in [0.717, 1.165) is 24.0 Å². The molecule has 2 atom stereocenters. The molecule has 1 aliphatic heterocycles. The first-order valence-corrected chi connectivity index (χ1v) is 8.24. The summed E-state index contributed by atoms with van der Waals surface area (Å²) in [5.74, 6) is -0.628. The van der Waals surface area contributed by atoms with E-state index >= 15 is 0 Å². The van der Waals surface area contributed by atoms with E-state index in [-0.39, 0.29) is 0 Å². The average molecular weight is 312 g/mol. The van der Waals surface area contributed by atoms with Crippen LogP contribution in [0.5, 0.6) is 0 Å². The molecule has 2 aromatic rings. The maximum atomic E-state index is 11.6. The van der Waals surface area contributed by atoms with Gasteiger partial charge in [-0.2, -0.15) is 0 Å². The highest BCUT2D eigenvalue weighted by Gasteiger charge is 2.49. The Balaban J connectivity index is 2.01. The van der Waals surface area contributed by atoms with E-state index in [9.17, 15) is 5.11 Å². The standard InChI is InChI=1S/C20H24O3/c1-3-14-19(2)22-15-18(23-19)20(21,16-10-6-4-7-11-16)17-12-8-5-9-13-17/h4-13,18,21H,3,14-15H2,1-2H3. The van der Waals surface area contributed by atoms with E-state index in [1.54, 1.807) is 0 Å². The maximum absolute atomic E-state index is 11.6. The number of hydrogen-bond donors (Lipinski definition) is 1. The molecule has 1 aliphatic rings. The molecule has 0 spiro atoms. The summed E-state index contributed by atoms with van der Waals surface area (Å²) in [6.45, 7) is 4.43. The van der Waals surface area contributed by atoms with Gasteiger partial charge in [0.05, 0.1) is 6.61 Å². The lowest BCUT2D eigenvalue weighted by Gasteiger charge is -2.35. The highest BCUT2D eigenvalue weighted by Crippen LogP contribution is 2.41. The first-order chi connectivity index (χ1) is 11.1. The molecule has 2 unspecified atom stereocenters. The van der Waals surface area contributed by atoms with Crippen LogP contribution in [0.4, 0.5) is 0 Å². The van der Waals surface area contributed by atoms with Gasteiger partial charge in [-0.25, -0.2) is 0 Å². The zero-order chi connectivity index (χ0) is 16.3. The third-order valence-corrected chi connectivity index (χ3v) is 4.53. The zero-order valence-electron chi connectivity index (χ0n) is 13.7. The lowest BCUT2D eigenvalue weighted by atomic mass is 9.82. The highest BCUT2D eigenvalue weighted by molar-refractivity contribution is 5.38. The Morgan fingerprint density at radius 3 is 2.04 bits per heavy atom. The Hall–Kier alpha value is -1.68. The second-order valence-corrected chi connectivity index (χ2v) is 6.30. The summed E-state index contributed by atoms with van der Waals surface area (Å²) in [6, 6.07) is 19.4. The molecule has 0 radical (unpaired) electrons. The van der Waals surface area contributed by atoms with Gasteiger partial charge >= 0.3 is 0 Å². The fourth-order valence-corrected chi connectivity index (χ4v) is 3.33. The highest BCUT2D eigenvalue weighted by atomic mass is 16.7. The maximum Gasteiger partial charge on any atom is 0.166 e. The Bertz CT molecular complexity index is 586. The third kappa shape index (κ3) is 3.05. The third-order valence-electron chi connectivity index (χ3n) is 4.53. The second kappa shape index (κ2) is 6.44. The largest absolute Gasteiger partial charge is 0.378 e. The number of rotatable bonds is 5. The fraction of sp³-hybridized carbons (Fsp3) is 0.400. The lowest BCUT2D eigenvalue weighted by Crippen LogP contribution is -2.43. The van der Waals surface area contributed by atoms with Gasteiger partial charge in [0.2, 0.25) is 0 Å². The molecular formula is C20H24O3. The van der Waals surface area contributed by atoms with Gasteiger partial charge in [-0.15, -0.1) is 0 Å². The summed E-state index contributed by atoms with van der Waals surface area (Å²) in [7, 11) is 0. The Kier molecular flexibility index (Phi) is 4.53. The molecule has 2 aromatic carbocycles. The molecule has 3 nitrogen and oxygen atoms in total. The van der Waals surface area contributed by atoms with Gasteiger partial charge in [0, 0.05) is 6.42 Å². The summed E-state index contributed by atoms with van der Waals surface area (Å²) in [5.41, 5.74) is 0.412. The van der Waals surface area contributed by atoms with Crippen LogP contribution in [0.3, 0.4) is 0 Å². The molecule has 122 valence electrons. The summed E-state index contributed by atoms with van der Waals surface area (Å²) in [5, 5.41) is 11.6. The first kappa shape index (κ1) is 16.2. The van der Waals surface area contributed by atoms with E-state index in [1.165, 1.54) is 0 Å². The van der Waals surface area contributed by atoms with Crippen molar-refractivity contribution in [2.75, 3.05) is 6.61 Å². The molecule has 1 N–H and O–H groups in total. The van der Waals surface area contributed by atoms with Crippen molar-refractivity contribution in [3.63, 3.8) is 0 Å². The normalized spacial score (nSPS) is 24.7. The number of benzene rings is 2. The lowest BCUT2D eigenvalue weighted by molar-refractivity contribution is -0.180. The van der Waals surface area contributed by atoms with E-state index in [2.05, 4.69) is 6.92 Å². The molecule has 0 bridgehead atoms. The molecule has 3 heteroatoms. The minimum absolute atomic E-state index is 0.372. The van der Waals surface area contributed by atoms with Gasteiger partial charge in [-0.1, -0.05) is 74.0 Å². The van der Waals surface area contributed by atoms with Crippen LogP contribution in [0.1, 0.15) is 37.8 Å². The van der Waals surface area contributed by atoms with E-state index < -0.39 is 17.5 Å². The smallest absolute Gasteiger partial charge is 0.166 e. The van der Waals surface area contributed by atoms with Gasteiger partial charge in [0.1, 0.15) is 11.7 Å². The fourth-order valence-electron chi connectivity index (χ4n) is 3.33. The Morgan fingerprint density at radius 1 is 1.04 bits per heavy atom. The molecule has 0 aliphatic carbocycles. The van der Waals surface area contributed by atoms with Crippen LogP contribution in [0.25, 0.3) is 0 Å². The van der Waals surface area contributed by atoms with Crippen molar-refractivity contribution < 1.29 is 14.6 Å². The summed E-state index contributed by atoms with van der Waals surface area (Å²) >= 11 is 0. The molecule has 0 amide bonds. The van der Waals surface area contributed by atoms with Crippen LogP contribution in [0.2, 0.25) is 0 Å². The zero-order valence-corrected chi connectivity index (χ0v) is 13.7. The van der Waals surface area contributed by atoms with Crippen molar-refractivity contribution in [3.05, 3.63) is 71.8 Å². The second-order valence-electron chi connectivity index (χ2n) is 6.30. The van der Waals surface area contributed by atoms with Gasteiger partial charge in [0.15, 0.2) is 5.79 Å². The quantitative estimate of drug-likeness (QED) is 0.911. The Labute approximate surface area is 137 Å². The molecule has 23 heavy (non-hydrogen) atoms. The molecule has 1 fully saturated rings. The predicted molar refractivity (Wildman–Crippen MR) is 90.0 cm³/mol. The van der Waals surface area contributed by atoms with E-state index in [0.29, 0.717) is 6.61 Å². The summed E-state index contributed by atoms with van der Waals surface area (Å²) < 4.78 is 12.1. The molecule has 1 heterocycles. The number of ether oxygens (including phenoxy) is 2. The Morgan fingerprint density at radius 2 is 1.57 bits per heavy atom. The van der Waals surface area contributed by atoms with Crippen molar-refractivity contribution in [2.24, 2.45) is 0 Å². The minimum atomic E-state index is -1.23. The van der Waals surface area contributed by atoms with Gasteiger partial charge in [-0.05, 0) is 18.1 Å². The first-order valence-electron chi connectivity index (χ1n) is 8.24. The van der Waals surface area contributed by atoms with Crippen LogP contribution >= 0.6 is 0 Å². The SMILES string of the molecule is CCCC1(C)OCC(C(O)(c2ccccc2)c2ccccc2)O1. The van der Waals surface area contributed by atoms with Crippen LogP contribution in [0, 0.1) is 0 Å². The van der Waals surface area contributed by atoms with E-state index in [4.69, 9.17) is 9.47 Å². The predicted octanol–water partition coefficient (Wildman–Crippen LogP) is 3.85. The van der Waals surface area contributed by atoms with Crippen LogP contribution in [0.15, 0.2) is 60.7 Å². The minimum Gasteiger partial charge on any atom is -0.378 e. The summed E-state index contributed by atoms with van der Waals surface area (Å²) in [6.07, 6.45) is 1.34. The molecular weight excluding hydrogens is 288 g/mol. The number of hydrogen-bond acceptors (Lipinski definition) is 3. The van der Waals surface area contributed by atoms with Crippen molar-refractivity contribution in [1.29, 1.82) is 0 Å². The molecule has 0 saturated carbocycles. The van der Waals surface area contributed by atoms with Crippen LogP contribution < -0.4 is 0 Å². The number of aliphatic hydroxyl groups is 1. The monoisotopic (exact) mass is 312 g/mol. The van der Waals surface area contributed by atoms with Gasteiger partial charge in [0.25, 0.3) is 0 Å². The molecule has 3 rings (SSSR count). The van der Waals surface area contributed by atoms with Crippen molar-refractivity contribution >= 4 is 0 Å². The van der Waals surface area contributed by atoms with Gasteiger partial charge in [-0.3, -0.25) is 0 Å². The van der Waals surface area contributed by atoms with Crippen molar-refractivity contribution in [1.82, 2.24) is 0 Å². The molecule has 0 aromatic heterocycles. The van der Waals surface area contributed by atoms with Gasteiger partial charge < -0.3 is 14.6 Å². The van der Waals surface area contributed by atoms with Crippen molar-refractivity contribution in [3.8, 4) is 0 Å². The summed E-state index contributed by atoms with van der Waals surface area (Å²) in [4.78, 5) is 0. The topological polar surface area (TPSA) is 38.7 Å². The van der Waals surface area contributed by atoms with E-state index in [1.807, 2.05) is 67.6 Å².